The van der Waals surface area contributed by atoms with Crippen molar-refractivity contribution in [1.82, 2.24) is 5.32 Å². The third kappa shape index (κ3) is 1.76. The maximum atomic E-state index is 12.4. The third-order valence-electron chi connectivity index (χ3n) is 2.98. The van der Waals surface area contributed by atoms with Crippen molar-refractivity contribution in [3.05, 3.63) is 0 Å². The molecule has 0 aromatic rings. The number of alkyl halides is 2. The molecule has 0 aromatic carbocycles. The lowest BCUT2D eigenvalue weighted by atomic mass is 9.80. The van der Waals surface area contributed by atoms with Gasteiger partial charge in [0, 0.05) is 18.9 Å². The van der Waals surface area contributed by atoms with Crippen molar-refractivity contribution in [2.24, 2.45) is 5.92 Å². The normalized spacial score (nSPS) is 29.5. The summed E-state index contributed by atoms with van der Waals surface area (Å²) in [6.45, 7) is 0.806. The van der Waals surface area contributed by atoms with E-state index in [0.717, 1.165) is 6.54 Å². The van der Waals surface area contributed by atoms with Crippen molar-refractivity contribution in [3.63, 3.8) is 0 Å². The van der Waals surface area contributed by atoms with E-state index in [0.29, 0.717) is 6.04 Å². The Morgan fingerprint density at radius 3 is 2.33 bits per heavy atom. The molecule has 0 amide bonds. The van der Waals surface area contributed by atoms with Crippen molar-refractivity contribution in [2.75, 3.05) is 6.54 Å². The van der Waals surface area contributed by atoms with Crippen molar-refractivity contribution in [1.29, 1.82) is 0 Å². The average molecular weight is 175 g/mol. The second-order valence-electron chi connectivity index (χ2n) is 4.17. The Balaban J connectivity index is 1.57. The van der Waals surface area contributed by atoms with Gasteiger partial charge in [0.25, 0.3) is 0 Å². The lowest BCUT2D eigenvalue weighted by Crippen LogP contribution is -2.45. The molecule has 0 radical (unpaired) electrons. The first kappa shape index (κ1) is 8.42. The maximum Gasteiger partial charge on any atom is 0.248 e. The minimum atomic E-state index is -2.34. The fraction of sp³-hybridized carbons (Fsp3) is 1.00. The van der Waals surface area contributed by atoms with E-state index in [4.69, 9.17) is 0 Å². The van der Waals surface area contributed by atoms with Crippen molar-refractivity contribution < 1.29 is 8.78 Å². The van der Waals surface area contributed by atoms with Crippen LogP contribution in [0, 0.1) is 5.92 Å². The number of nitrogens with one attached hydrogen (secondary N) is 1. The Bertz CT molecular complexity index is 158. The molecule has 12 heavy (non-hydrogen) atoms. The largest absolute Gasteiger partial charge is 0.314 e. The Labute approximate surface area is 71.5 Å². The molecular formula is C9H15F2N. The molecule has 2 aliphatic carbocycles. The number of hydrogen-bond donors (Lipinski definition) is 1. The molecule has 0 saturated heterocycles. The summed E-state index contributed by atoms with van der Waals surface area (Å²) in [5.41, 5.74) is 0. The van der Waals surface area contributed by atoms with Crippen LogP contribution in [0.2, 0.25) is 0 Å². The molecule has 3 heteroatoms. The highest BCUT2D eigenvalue weighted by molar-refractivity contribution is 4.88. The first-order valence-electron chi connectivity index (χ1n) is 4.77. The zero-order chi connectivity index (χ0) is 8.60. The summed E-state index contributed by atoms with van der Waals surface area (Å²) in [6, 6.07) is 0.638. The van der Waals surface area contributed by atoms with Gasteiger partial charge in [-0.05, 0) is 25.3 Å². The van der Waals surface area contributed by atoms with E-state index in [1.54, 1.807) is 0 Å². The van der Waals surface area contributed by atoms with Crippen LogP contribution >= 0.6 is 0 Å². The summed E-state index contributed by atoms with van der Waals surface area (Å²) >= 11 is 0. The van der Waals surface area contributed by atoms with E-state index in [1.165, 1.54) is 19.3 Å². The zero-order valence-corrected chi connectivity index (χ0v) is 7.15. The second kappa shape index (κ2) is 2.95. The second-order valence-corrected chi connectivity index (χ2v) is 4.17. The average Bonchev–Trinajstić information content (AvgIpc) is 1.79. The Morgan fingerprint density at radius 2 is 1.92 bits per heavy atom. The lowest BCUT2D eigenvalue weighted by Gasteiger charge is -2.37. The van der Waals surface area contributed by atoms with Gasteiger partial charge in [-0.2, -0.15) is 0 Å². The highest BCUT2D eigenvalue weighted by Gasteiger charge is 2.44. The molecule has 0 aliphatic heterocycles. The van der Waals surface area contributed by atoms with E-state index in [1.807, 2.05) is 0 Å². The van der Waals surface area contributed by atoms with E-state index < -0.39 is 5.92 Å². The molecule has 2 saturated carbocycles. The Hall–Kier alpha value is -0.180. The molecule has 1 N–H and O–H groups in total. The molecule has 0 unspecified atom stereocenters. The van der Waals surface area contributed by atoms with Gasteiger partial charge >= 0.3 is 0 Å². The van der Waals surface area contributed by atoms with Crippen LogP contribution < -0.4 is 5.32 Å². The third-order valence-corrected chi connectivity index (χ3v) is 2.98. The molecule has 0 bridgehead atoms. The van der Waals surface area contributed by atoms with Gasteiger partial charge in [0.05, 0.1) is 0 Å². The van der Waals surface area contributed by atoms with E-state index >= 15 is 0 Å². The molecule has 2 rings (SSSR count). The van der Waals surface area contributed by atoms with Gasteiger partial charge < -0.3 is 5.32 Å². The smallest absolute Gasteiger partial charge is 0.248 e. The fourth-order valence-electron chi connectivity index (χ4n) is 1.87. The van der Waals surface area contributed by atoms with Gasteiger partial charge in [0.2, 0.25) is 5.92 Å². The lowest BCUT2D eigenvalue weighted by molar-refractivity contribution is -0.109. The molecule has 0 aromatic heterocycles. The Morgan fingerprint density at radius 1 is 1.25 bits per heavy atom. The van der Waals surface area contributed by atoms with Gasteiger partial charge in [-0.25, -0.2) is 8.78 Å². The van der Waals surface area contributed by atoms with Gasteiger partial charge in [0.15, 0.2) is 0 Å². The molecule has 0 atom stereocenters. The van der Waals surface area contributed by atoms with E-state index in [-0.39, 0.29) is 18.8 Å². The van der Waals surface area contributed by atoms with Gasteiger partial charge in [-0.1, -0.05) is 6.42 Å². The van der Waals surface area contributed by atoms with Crippen LogP contribution in [0.5, 0.6) is 0 Å². The highest BCUT2D eigenvalue weighted by atomic mass is 19.3. The SMILES string of the molecule is FC1(F)CC(CNC2CCC2)C1. The minimum Gasteiger partial charge on any atom is -0.314 e. The molecule has 0 spiro atoms. The van der Waals surface area contributed by atoms with Crippen LogP contribution in [0.15, 0.2) is 0 Å². The van der Waals surface area contributed by atoms with Crippen LogP contribution in [-0.4, -0.2) is 18.5 Å². The van der Waals surface area contributed by atoms with Crippen molar-refractivity contribution in [2.45, 2.75) is 44.1 Å². The van der Waals surface area contributed by atoms with Gasteiger partial charge in [-0.15, -0.1) is 0 Å². The first-order valence-corrected chi connectivity index (χ1v) is 4.77. The topological polar surface area (TPSA) is 12.0 Å². The van der Waals surface area contributed by atoms with Crippen LogP contribution in [0.3, 0.4) is 0 Å². The van der Waals surface area contributed by atoms with Crippen molar-refractivity contribution in [3.8, 4) is 0 Å². The number of hydrogen-bond acceptors (Lipinski definition) is 1. The van der Waals surface area contributed by atoms with Crippen LogP contribution in [0.4, 0.5) is 8.78 Å². The molecule has 2 fully saturated rings. The minimum absolute atomic E-state index is 0.104. The summed E-state index contributed by atoms with van der Waals surface area (Å²) in [4.78, 5) is 0. The summed E-state index contributed by atoms with van der Waals surface area (Å²) in [5.74, 6) is -2.10. The summed E-state index contributed by atoms with van der Waals surface area (Å²) in [6.07, 6.45) is 3.99. The molecule has 0 heterocycles. The zero-order valence-electron chi connectivity index (χ0n) is 7.15. The molecule has 70 valence electrons. The van der Waals surface area contributed by atoms with Crippen LogP contribution in [0.25, 0.3) is 0 Å². The first-order chi connectivity index (χ1) is 5.66. The molecule has 1 nitrogen and oxygen atoms in total. The van der Waals surface area contributed by atoms with Crippen LogP contribution in [-0.2, 0) is 0 Å². The predicted molar refractivity (Wildman–Crippen MR) is 43.3 cm³/mol. The summed E-state index contributed by atoms with van der Waals surface area (Å²) in [7, 11) is 0. The summed E-state index contributed by atoms with van der Waals surface area (Å²) < 4.78 is 24.8. The summed E-state index contributed by atoms with van der Waals surface area (Å²) in [5, 5.41) is 3.33. The molecule has 2 aliphatic rings. The standard InChI is InChI=1S/C9H15F2N/c10-9(11)4-7(5-9)6-12-8-2-1-3-8/h7-8,12H,1-6H2. The predicted octanol–water partition coefficient (Wildman–Crippen LogP) is 2.17. The maximum absolute atomic E-state index is 12.4. The number of rotatable bonds is 3. The monoisotopic (exact) mass is 175 g/mol. The fourth-order valence-corrected chi connectivity index (χ4v) is 1.87. The number of halogens is 2. The van der Waals surface area contributed by atoms with Gasteiger partial charge in [0.1, 0.15) is 0 Å². The van der Waals surface area contributed by atoms with E-state index in [2.05, 4.69) is 5.32 Å². The van der Waals surface area contributed by atoms with Crippen LogP contribution in [0.1, 0.15) is 32.1 Å². The highest BCUT2D eigenvalue weighted by Crippen LogP contribution is 2.42. The Kier molecular flexibility index (Phi) is 2.07. The van der Waals surface area contributed by atoms with Gasteiger partial charge in [-0.3, -0.25) is 0 Å². The van der Waals surface area contributed by atoms with E-state index in [9.17, 15) is 8.78 Å². The molecular weight excluding hydrogens is 160 g/mol. The quantitative estimate of drug-likeness (QED) is 0.693. The van der Waals surface area contributed by atoms with Crippen molar-refractivity contribution >= 4 is 0 Å².